The number of rotatable bonds is 7. The first-order chi connectivity index (χ1) is 13.1. The molecule has 3 rings (SSSR count). The highest BCUT2D eigenvalue weighted by Gasteiger charge is 2.20. The van der Waals surface area contributed by atoms with Crippen molar-refractivity contribution in [2.24, 2.45) is 0 Å². The fraction of sp³-hybridized carbons (Fsp3) is 0.500. The van der Waals surface area contributed by atoms with Crippen LogP contribution in [0.2, 0.25) is 0 Å². The van der Waals surface area contributed by atoms with Gasteiger partial charge in [0.15, 0.2) is 0 Å². The molecule has 3 N–H and O–H groups in total. The van der Waals surface area contributed by atoms with Gasteiger partial charge in [0.25, 0.3) is 0 Å². The fourth-order valence-electron chi connectivity index (χ4n) is 3.26. The van der Waals surface area contributed by atoms with Crippen LogP contribution in [0.1, 0.15) is 30.6 Å². The number of carbonyl (C=O) groups excluding carboxylic acids is 1. The number of esters is 1. The van der Waals surface area contributed by atoms with Gasteiger partial charge in [0.1, 0.15) is 5.56 Å². The van der Waals surface area contributed by atoms with E-state index < -0.39 is 0 Å². The van der Waals surface area contributed by atoms with Crippen molar-refractivity contribution in [1.82, 2.24) is 9.88 Å². The number of hydrogen-bond acceptors (Lipinski definition) is 7. The van der Waals surface area contributed by atoms with E-state index in [1.807, 2.05) is 25.1 Å². The summed E-state index contributed by atoms with van der Waals surface area (Å²) in [6.07, 6.45) is 2.33. The van der Waals surface area contributed by atoms with Crippen molar-refractivity contribution >= 4 is 28.2 Å². The number of fused-ring (bicyclic) bond motifs is 1. The lowest BCUT2D eigenvalue weighted by molar-refractivity contribution is 0.0227. The monoisotopic (exact) mass is 372 g/mol. The molecule has 0 saturated carbocycles. The Labute approximate surface area is 159 Å². The van der Waals surface area contributed by atoms with E-state index in [1.165, 1.54) is 0 Å². The third-order valence-electron chi connectivity index (χ3n) is 4.83. The van der Waals surface area contributed by atoms with E-state index in [-0.39, 0.29) is 5.97 Å². The summed E-state index contributed by atoms with van der Waals surface area (Å²) in [6, 6.07) is 5.91. The smallest absolute Gasteiger partial charge is 0.341 e. The molecule has 1 aliphatic heterocycles. The first-order valence-electron chi connectivity index (χ1n) is 9.51. The van der Waals surface area contributed by atoms with Gasteiger partial charge in [0.2, 0.25) is 0 Å². The first kappa shape index (κ1) is 19.4. The van der Waals surface area contributed by atoms with Crippen LogP contribution in [0.25, 0.3) is 10.9 Å². The maximum absolute atomic E-state index is 12.5. The van der Waals surface area contributed by atoms with Crippen LogP contribution < -0.4 is 11.1 Å². The molecule has 1 unspecified atom stereocenters. The molecule has 0 aliphatic carbocycles. The van der Waals surface area contributed by atoms with Gasteiger partial charge >= 0.3 is 5.97 Å². The quantitative estimate of drug-likeness (QED) is 0.570. The molecule has 2 aromatic rings. The van der Waals surface area contributed by atoms with Gasteiger partial charge < -0.3 is 20.5 Å². The number of para-hydroxylation sites is 1. The summed E-state index contributed by atoms with van der Waals surface area (Å²) in [4.78, 5) is 19.3. The second-order valence-corrected chi connectivity index (χ2v) is 6.80. The molecule has 0 bridgehead atoms. The lowest BCUT2D eigenvalue weighted by Crippen LogP contribution is -2.45. The number of benzene rings is 1. The van der Waals surface area contributed by atoms with E-state index >= 15 is 0 Å². The highest BCUT2D eigenvalue weighted by Crippen LogP contribution is 2.30. The molecule has 0 spiro atoms. The van der Waals surface area contributed by atoms with Crippen LogP contribution in [0.4, 0.5) is 11.4 Å². The van der Waals surface area contributed by atoms with Gasteiger partial charge in [-0.2, -0.15) is 0 Å². The molecule has 1 fully saturated rings. The Kier molecular flexibility index (Phi) is 6.47. The molecular weight excluding hydrogens is 344 g/mol. The fourth-order valence-corrected chi connectivity index (χ4v) is 3.26. The number of nitrogen functional groups attached to an aromatic ring is 1. The number of pyridine rings is 1. The third-order valence-corrected chi connectivity index (χ3v) is 4.83. The molecule has 2 heterocycles. The average molecular weight is 372 g/mol. The van der Waals surface area contributed by atoms with Gasteiger partial charge in [-0.3, -0.25) is 9.88 Å². The number of nitrogens with one attached hydrogen (secondary N) is 1. The predicted molar refractivity (Wildman–Crippen MR) is 107 cm³/mol. The van der Waals surface area contributed by atoms with Crippen LogP contribution in [0.3, 0.4) is 0 Å². The number of nitrogens with zero attached hydrogens (tertiary/aromatic N) is 2. The number of anilines is 2. The molecular formula is C20H28N4O3. The number of hydrogen-bond donors (Lipinski definition) is 2. The van der Waals surface area contributed by atoms with Gasteiger partial charge in [-0.05, 0) is 19.4 Å². The van der Waals surface area contributed by atoms with Crippen LogP contribution in [0.15, 0.2) is 24.4 Å². The third kappa shape index (κ3) is 4.48. The van der Waals surface area contributed by atoms with Crippen molar-refractivity contribution in [2.45, 2.75) is 26.3 Å². The van der Waals surface area contributed by atoms with Crippen LogP contribution in [-0.2, 0) is 9.47 Å². The summed E-state index contributed by atoms with van der Waals surface area (Å²) in [7, 11) is 0. The summed E-state index contributed by atoms with van der Waals surface area (Å²) in [6.45, 7) is 8.57. The first-order valence-corrected chi connectivity index (χ1v) is 9.51. The van der Waals surface area contributed by atoms with E-state index in [2.05, 4.69) is 22.1 Å². The van der Waals surface area contributed by atoms with Crippen molar-refractivity contribution < 1.29 is 14.3 Å². The molecule has 0 radical (unpaired) electrons. The second-order valence-electron chi connectivity index (χ2n) is 6.80. The van der Waals surface area contributed by atoms with Gasteiger partial charge in [-0.1, -0.05) is 19.1 Å². The molecule has 146 valence electrons. The summed E-state index contributed by atoms with van der Waals surface area (Å²) < 4.78 is 10.8. The predicted octanol–water partition coefficient (Wildman–Crippen LogP) is 2.52. The number of ether oxygens (including phenoxy) is 2. The summed E-state index contributed by atoms with van der Waals surface area (Å²) in [5.74, 6) is -0.366. The standard InChI is InChI=1S/C20H28N4O3/c1-3-9-27-20(25)16-13-23-19-15(5-4-6-17(19)21)18(16)22-12-14(2)24-7-10-26-11-8-24/h4-6,13-14H,3,7-12,21H2,1-2H3,(H,22,23). The Balaban J connectivity index is 1.87. The minimum absolute atomic E-state index is 0.303. The van der Waals surface area contributed by atoms with Gasteiger partial charge in [0, 0.05) is 37.3 Å². The van der Waals surface area contributed by atoms with Gasteiger partial charge in [-0.15, -0.1) is 0 Å². The Morgan fingerprint density at radius 3 is 2.93 bits per heavy atom. The Hall–Kier alpha value is -2.38. The Morgan fingerprint density at radius 1 is 1.41 bits per heavy atom. The Morgan fingerprint density at radius 2 is 2.19 bits per heavy atom. The zero-order chi connectivity index (χ0) is 19.2. The molecule has 1 aromatic carbocycles. The minimum Gasteiger partial charge on any atom is -0.462 e. The number of aromatic nitrogens is 1. The van der Waals surface area contributed by atoms with Crippen molar-refractivity contribution in [3.8, 4) is 0 Å². The zero-order valence-electron chi connectivity index (χ0n) is 16.0. The topological polar surface area (TPSA) is 89.7 Å². The van der Waals surface area contributed by atoms with Crippen LogP contribution in [0.5, 0.6) is 0 Å². The van der Waals surface area contributed by atoms with Crippen molar-refractivity contribution in [3.05, 3.63) is 30.0 Å². The van der Waals surface area contributed by atoms with E-state index in [0.717, 1.165) is 43.8 Å². The molecule has 1 aliphatic rings. The van der Waals surface area contributed by atoms with E-state index in [4.69, 9.17) is 15.2 Å². The second kappa shape index (κ2) is 9.01. The molecule has 7 heteroatoms. The van der Waals surface area contributed by atoms with Gasteiger partial charge in [0.05, 0.1) is 36.7 Å². The van der Waals surface area contributed by atoms with Crippen LogP contribution in [-0.4, -0.2) is 61.3 Å². The Bertz CT molecular complexity index is 790. The van der Waals surface area contributed by atoms with E-state index in [0.29, 0.717) is 36.0 Å². The molecule has 1 aromatic heterocycles. The van der Waals surface area contributed by atoms with Crippen LogP contribution >= 0.6 is 0 Å². The SMILES string of the molecule is CCCOC(=O)c1cnc2c(N)cccc2c1NCC(C)N1CCOCC1. The van der Waals surface area contributed by atoms with Crippen molar-refractivity contribution in [1.29, 1.82) is 0 Å². The van der Waals surface area contributed by atoms with Crippen molar-refractivity contribution in [3.63, 3.8) is 0 Å². The number of nitrogens with two attached hydrogens (primary N) is 1. The number of carbonyl (C=O) groups is 1. The summed E-state index contributed by atoms with van der Waals surface area (Å²) >= 11 is 0. The zero-order valence-corrected chi connectivity index (χ0v) is 16.0. The summed E-state index contributed by atoms with van der Waals surface area (Å²) in [5, 5.41) is 4.29. The molecule has 1 atom stereocenters. The normalized spacial score (nSPS) is 16.2. The minimum atomic E-state index is -0.366. The van der Waals surface area contributed by atoms with Crippen molar-refractivity contribution in [2.75, 3.05) is 50.5 Å². The molecule has 0 amide bonds. The summed E-state index contributed by atoms with van der Waals surface area (Å²) in [5.41, 5.74) is 8.52. The number of morpholine rings is 1. The largest absolute Gasteiger partial charge is 0.462 e. The molecule has 27 heavy (non-hydrogen) atoms. The van der Waals surface area contributed by atoms with Gasteiger partial charge in [-0.25, -0.2) is 4.79 Å². The lowest BCUT2D eigenvalue weighted by Gasteiger charge is -2.32. The maximum atomic E-state index is 12.5. The van der Waals surface area contributed by atoms with E-state index in [1.54, 1.807) is 6.20 Å². The van der Waals surface area contributed by atoms with Crippen LogP contribution in [0, 0.1) is 0 Å². The highest BCUT2D eigenvalue weighted by atomic mass is 16.5. The highest BCUT2D eigenvalue weighted by molar-refractivity contribution is 6.07. The molecule has 7 nitrogen and oxygen atoms in total. The average Bonchev–Trinajstić information content (AvgIpc) is 2.70. The maximum Gasteiger partial charge on any atom is 0.341 e. The molecule has 1 saturated heterocycles. The lowest BCUT2D eigenvalue weighted by atomic mass is 10.1. The van der Waals surface area contributed by atoms with E-state index in [9.17, 15) is 4.79 Å².